The van der Waals surface area contributed by atoms with Crippen molar-refractivity contribution < 1.29 is 9.59 Å². The molecule has 1 heterocycles. The zero-order valence-corrected chi connectivity index (χ0v) is 7.44. The number of nitrogens with zero attached hydrogens (tertiary/aromatic N) is 3. The summed E-state index contributed by atoms with van der Waals surface area (Å²) < 4.78 is 1.37. The first-order valence-corrected chi connectivity index (χ1v) is 3.75. The Bertz CT molecular complexity index is 300. The van der Waals surface area contributed by atoms with Crippen LogP contribution in [0, 0.1) is 0 Å². The van der Waals surface area contributed by atoms with Gasteiger partial charge in [0.15, 0.2) is 11.6 Å². The van der Waals surface area contributed by atoms with Crippen molar-refractivity contribution in [3.8, 4) is 0 Å². The Kier molecular flexibility index (Phi) is 2.73. The highest BCUT2D eigenvalue weighted by Crippen LogP contribution is 1.98. The van der Waals surface area contributed by atoms with Gasteiger partial charge in [0.05, 0.1) is 6.20 Å². The minimum Gasteiger partial charge on any atom is -0.308 e. The lowest BCUT2D eigenvalue weighted by Gasteiger charge is -1.93. The molecule has 0 unspecified atom stereocenters. The number of hydrogen-bond donors (Lipinski definition) is 1. The number of carbonyl (C=O) groups excluding carboxylic acids is 2. The van der Waals surface area contributed by atoms with Gasteiger partial charge in [0.1, 0.15) is 6.54 Å². The molecule has 6 heteroatoms. The van der Waals surface area contributed by atoms with Gasteiger partial charge in [-0.3, -0.25) is 9.59 Å². The number of hydrogen-bond acceptors (Lipinski definition) is 4. The molecule has 0 saturated heterocycles. The maximum atomic E-state index is 10.7. The van der Waals surface area contributed by atoms with Gasteiger partial charge in [0.2, 0.25) is 5.91 Å². The molecule has 0 aliphatic heterocycles. The lowest BCUT2D eigenvalue weighted by atomic mass is 10.4. The minimum atomic E-state index is -0.213. The molecule has 0 bridgehead atoms. The third-order valence-corrected chi connectivity index (χ3v) is 1.23. The molecule has 6 nitrogen and oxygen atoms in total. The van der Waals surface area contributed by atoms with Gasteiger partial charge >= 0.3 is 0 Å². The molecule has 1 aromatic heterocycles. The molecule has 0 aromatic carbocycles. The summed E-state index contributed by atoms with van der Waals surface area (Å²) in [5.41, 5.74) is 0. The number of aromatic nitrogens is 3. The van der Waals surface area contributed by atoms with Crippen LogP contribution in [0.3, 0.4) is 0 Å². The number of amides is 1. The van der Waals surface area contributed by atoms with Crippen LogP contribution in [0.2, 0.25) is 0 Å². The second kappa shape index (κ2) is 3.79. The van der Waals surface area contributed by atoms with Crippen molar-refractivity contribution in [2.24, 2.45) is 0 Å². The summed E-state index contributed by atoms with van der Waals surface area (Å²) in [4.78, 5) is 21.3. The van der Waals surface area contributed by atoms with Crippen molar-refractivity contribution in [2.75, 3.05) is 5.32 Å². The second-order valence-electron chi connectivity index (χ2n) is 2.68. The van der Waals surface area contributed by atoms with Crippen LogP contribution >= 0.6 is 0 Å². The number of ketones is 1. The first-order valence-electron chi connectivity index (χ1n) is 3.75. The van der Waals surface area contributed by atoms with Gasteiger partial charge in [-0.2, -0.15) is 0 Å². The monoisotopic (exact) mass is 182 g/mol. The molecule has 1 rings (SSSR count). The molecule has 13 heavy (non-hydrogen) atoms. The Morgan fingerprint density at radius 1 is 1.54 bits per heavy atom. The summed E-state index contributed by atoms with van der Waals surface area (Å²) in [7, 11) is 0. The normalized spacial score (nSPS) is 9.69. The van der Waals surface area contributed by atoms with Crippen LogP contribution in [0.5, 0.6) is 0 Å². The van der Waals surface area contributed by atoms with Crippen molar-refractivity contribution in [1.29, 1.82) is 0 Å². The van der Waals surface area contributed by atoms with E-state index < -0.39 is 0 Å². The van der Waals surface area contributed by atoms with E-state index in [4.69, 9.17) is 0 Å². The van der Waals surface area contributed by atoms with Gasteiger partial charge in [-0.25, -0.2) is 4.68 Å². The molecule has 0 spiro atoms. The highest BCUT2D eigenvalue weighted by molar-refractivity contribution is 5.87. The lowest BCUT2D eigenvalue weighted by Crippen LogP contribution is -2.07. The standard InChI is InChI=1S/C7H10N4O2/c1-5(12)3-11-4-7(9-10-11)8-6(2)13/h4H,3H2,1-2H3,(H,8,13). The van der Waals surface area contributed by atoms with Crippen LogP contribution in [0.15, 0.2) is 6.20 Å². The van der Waals surface area contributed by atoms with Crippen LogP contribution in [0.4, 0.5) is 5.82 Å². The van der Waals surface area contributed by atoms with Crippen molar-refractivity contribution >= 4 is 17.5 Å². The Morgan fingerprint density at radius 2 is 2.23 bits per heavy atom. The van der Waals surface area contributed by atoms with Crippen molar-refractivity contribution in [2.45, 2.75) is 20.4 Å². The van der Waals surface area contributed by atoms with Crippen LogP contribution < -0.4 is 5.32 Å². The maximum absolute atomic E-state index is 10.7. The summed E-state index contributed by atoms with van der Waals surface area (Å²) >= 11 is 0. The van der Waals surface area contributed by atoms with Gasteiger partial charge in [-0.1, -0.05) is 5.21 Å². The quantitative estimate of drug-likeness (QED) is 0.703. The molecule has 70 valence electrons. The Morgan fingerprint density at radius 3 is 2.77 bits per heavy atom. The van der Waals surface area contributed by atoms with E-state index in [-0.39, 0.29) is 18.2 Å². The summed E-state index contributed by atoms with van der Waals surface area (Å²) in [6.45, 7) is 3.01. The number of anilines is 1. The average molecular weight is 182 g/mol. The third kappa shape index (κ3) is 3.02. The fourth-order valence-corrected chi connectivity index (χ4v) is 0.841. The molecule has 0 atom stereocenters. The topological polar surface area (TPSA) is 76.9 Å². The summed E-state index contributed by atoms with van der Waals surface area (Å²) in [5, 5.41) is 9.73. The highest BCUT2D eigenvalue weighted by atomic mass is 16.1. The Labute approximate surface area is 74.9 Å². The fourth-order valence-electron chi connectivity index (χ4n) is 0.841. The first-order chi connectivity index (χ1) is 6.08. The van der Waals surface area contributed by atoms with Gasteiger partial charge in [-0.05, 0) is 6.92 Å². The number of nitrogens with one attached hydrogen (secondary N) is 1. The Hall–Kier alpha value is -1.72. The molecule has 0 aliphatic rings. The van der Waals surface area contributed by atoms with E-state index >= 15 is 0 Å². The zero-order valence-electron chi connectivity index (χ0n) is 7.44. The Balaban J connectivity index is 2.63. The number of rotatable bonds is 3. The van der Waals surface area contributed by atoms with Gasteiger partial charge < -0.3 is 5.32 Å². The smallest absolute Gasteiger partial charge is 0.222 e. The largest absolute Gasteiger partial charge is 0.308 e. The van der Waals surface area contributed by atoms with E-state index in [0.717, 1.165) is 0 Å². The van der Waals surface area contributed by atoms with Crippen molar-refractivity contribution in [3.63, 3.8) is 0 Å². The fraction of sp³-hybridized carbons (Fsp3) is 0.429. The predicted molar refractivity (Wildman–Crippen MR) is 45.0 cm³/mol. The van der Waals surface area contributed by atoms with Crippen LogP contribution in [0.25, 0.3) is 0 Å². The van der Waals surface area contributed by atoms with Crippen LogP contribution in [-0.2, 0) is 16.1 Å². The van der Waals surface area contributed by atoms with E-state index in [1.807, 2.05) is 0 Å². The number of carbonyl (C=O) groups is 2. The van der Waals surface area contributed by atoms with E-state index in [0.29, 0.717) is 5.82 Å². The maximum Gasteiger partial charge on any atom is 0.222 e. The summed E-state index contributed by atoms with van der Waals surface area (Å²) in [6.07, 6.45) is 1.50. The summed E-state index contributed by atoms with van der Waals surface area (Å²) in [6, 6.07) is 0. The SMILES string of the molecule is CC(=O)Cn1cc(NC(C)=O)nn1. The highest BCUT2D eigenvalue weighted by Gasteiger charge is 2.02. The first kappa shape index (κ1) is 9.37. The lowest BCUT2D eigenvalue weighted by molar-refractivity contribution is -0.117. The summed E-state index contributed by atoms with van der Waals surface area (Å²) in [5.74, 6) is 0.128. The molecule has 1 amide bonds. The van der Waals surface area contributed by atoms with E-state index in [1.54, 1.807) is 0 Å². The van der Waals surface area contributed by atoms with Gasteiger partial charge in [-0.15, -0.1) is 5.10 Å². The predicted octanol–water partition coefficient (Wildman–Crippen LogP) is -0.175. The average Bonchev–Trinajstić information content (AvgIpc) is 2.33. The van der Waals surface area contributed by atoms with Gasteiger partial charge in [0.25, 0.3) is 0 Å². The molecular weight excluding hydrogens is 172 g/mol. The minimum absolute atomic E-state index is 0.0146. The molecule has 0 saturated carbocycles. The molecular formula is C7H10N4O2. The van der Waals surface area contributed by atoms with Crippen LogP contribution in [-0.4, -0.2) is 26.7 Å². The molecule has 1 aromatic rings. The molecule has 1 N–H and O–H groups in total. The van der Waals surface area contributed by atoms with E-state index in [1.165, 1.54) is 24.7 Å². The van der Waals surface area contributed by atoms with E-state index in [9.17, 15) is 9.59 Å². The molecule has 0 radical (unpaired) electrons. The van der Waals surface area contributed by atoms with Crippen molar-refractivity contribution in [1.82, 2.24) is 15.0 Å². The van der Waals surface area contributed by atoms with Crippen molar-refractivity contribution in [3.05, 3.63) is 6.20 Å². The van der Waals surface area contributed by atoms with Gasteiger partial charge in [0, 0.05) is 6.92 Å². The molecule has 0 aliphatic carbocycles. The second-order valence-corrected chi connectivity index (χ2v) is 2.68. The number of Topliss-reactive ketones (excluding diaryl/α,β-unsaturated/α-hetero) is 1. The zero-order chi connectivity index (χ0) is 9.84. The van der Waals surface area contributed by atoms with E-state index in [2.05, 4.69) is 15.6 Å². The third-order valence-electron chi connectivity index (χ3n) is 1.23. The molecule has 0 fully saturated rings. The van der Waals surface area contributed by atoms with Crippen LogP contribution in [0.1, 0.15) is 13.8 Å².